The maximum Gasteiger partial charge on any atom is 0.249 e. The van der Waals surface area contributed by atoms with Crippen LogP contribution in [0.4, 0.5) is 5.69 Å². The molecule has 1 atom stereocenters. The molecule has 0 saturated carbocycles. The Morgan fingerprint density at radius 3 is 2.41 bits per heavy atom. The van der Waals surface area contributed by atoms with Crippen LogP contribution >= 0.6 is 0 Å². The Morgan fingerprint density at radius 2 is 1.73 bits per heavy atom. The van der Waals surface area contributed by atoms with Crippen molar-refractivity contribution in [2.75, 3.05) is 5.32 Å². The van der Waals surface area contributed by atoms with E-state index in [0.717, 1.165) is 11.3 Å². The number of hydrogen-bond donors (Lipinski definition) is 1. The van der Waals surface area contributed by atoms with Gasteiger partial charge in [-0.15, -0.1) is 0 Å². The van der Waals surface area contributed by atoms with Crippen LogP contribution in [0.15, 0.2) is 47.2 Å². The molecule has 3 rings (SSSR count). The average molecular weight is 294 g/mol. The second-order valence-electron chi connectivity index (χ2n) is 5.32. The first-order chi connectivity index (χ1) is 10.6. The summed E-state index contributed by atoms with van der Waals surface area (Å²) in [5.41, 5.74) is 4.39. The van der Waals surface area contributed by atoms with Crippen molar-refractivity contribution in [1.29, 1.82) is 0 Å². The SMILES string of the molecule is Cc1cccc(C)c1NC(C)c1nc(-c2ccncc2)no1. The predicted octanol–water partition coefficient (Wildman–Crippen LogP) is 3.92. The highest BCUT2D eigenvalue weighted by Gasteiger charge is 2.16. The molecule has 0 aliphatic heterocycles. The molecule has 0 spiro atoms. The number of aromatic nitrogens is 3. The fourth-order valence-corrected chi connectivity index (χ4v) is 2.35. The Morgan fingerprint density at radius 1 is 1.05 bits per heavy atom. The maximum atomic E-state index is 5.39. The lowest BCUT2D eigenvalue weighted by atomic mass is 10.1. The van der Waals surface area contributed by atoms with Gasteiger partial charge in [0.05, 0.1) is 0 Å². The summed E-state index contributed by atoms with van der Waals surface area (Å²) < 4.78 is 5.39. The largest absolute Gasteiger partial charge is 0.373 e. The number of benzene rings is 1. The topological polar surface area (TPSA) is 63.8 Å². The first-order valence-electron chi connectivity index (χ1n) is 7.22. The van der Waals surface area contributed by atoms with Gasteiger partial charge in [0.15, 0.2) is 0 Å². The Balaban J connectivity index is 1.82. The molecule has 1 N–H and O–H groups in total. The molecule has 0 amide bonds. The molecule has 0 radical (unpaired) electrons. The normalized spacial score (nSPS) is 12.1. The quantitative estimate of drug-likeness (QED) is 0.790. The number of para-hydroxylation sites is 1. The van der Waals surface area contributed by atoms with Crippen LogP contribution in [0, 0.1) is 13.8 Å². The minimum atomic E-state index is -0.0668. The van der Waals surface area contributed by atoms with Gasteiger partial charge >= 0.3 is 0 Å². The number of rotatable bonds is 4. The third-order valence-electron chi connectivity index (χ3n) is 3.59. The van der Waals surface area contributed by atoms with E-state index >= 15 is 0 Å². The third kappa shape index (κ3) is 2.83. The molecule has 5 nitrogen and oxygen atoms in total. The molecule has 5 heteroatoms. The van der Waals surface area contributed by atoms with Gasteiger partial charge in [0.1, 0.15) is 6.04 Å². The minimum Gasteiger partial charge on any atom is -0.373 e. The van der Waals surface area contributed by atoms with Crippen molar-refractivity contribution < 1.29 is 4.52 Å². The lowest BCUT2D eigenvalue weighted by Crippen LogP contribution is -2.09. The molecule has 1 aromatic carbocycles. The van der Waals surface area contributed by atoms with E-state index in [0.29, 0.717) is 11.7 Å². The number of nitrogens with one attached hydrogen (secondary N) is 1. The van der Waals surface area contributed by atoms with Crippen LogP contribution in [0.5, 0.6) is 0 Å². The second kappa shape index (κ2) is 5.97. The van der Waals surface area contributed by atoms with Crippen LogP contribution in [0.3, 0.4) is 0 Å². The molecule has 0 bridgehead atoms. The Kier molecular flexibility index (Phi) is 3.87. The highest BCUT2D eigenvalue weighted by molar-refractivity contribution is 5.57. The van der Waals surface area contributed by atoms with Gasteiger partial charge in [-0.1, -0.05) is 23.4 Å². The highest BCUT2D eigenvalue weighted by Crippen LogP contribution is 2.25. The fourth-order valence-electron chi connectivity index (χ4n) is 2.35. The molecule has 2 heterocycles. The van der Waals surface area contributed by atoms with E-state index in [9.17, 15) is 0 Å². The molecule has 0 aliphatic rings. The van der Waals surface area contributed by atoms with Crippen LogP contribution in [-0.4, -0.2) is 15.1 Å². The van der Waals surface area contributed by atoms with Gasteiger partial charge in [-0.2, -0.15) is 4.98 Å². The summed E-state index contributed by atoms with van der Waals surface area (Å²) >= 11 is 0. The van der Waals surface area contributed by atoms with E-state index in [2.05, 4.69) is 52.5 Å². The van der Waals surface area contributed by atoms with Gasteiger partial charge in [-0.05, 0) is 44.0 Å². The van der Waals surface area contributed by atoms with E-state index < -0.39 is 0 Å². The van der Waals surface area contributed by atoms with E-state index in [1.54, 1.807) is 12.4 Å². The zero-order valence-electron chi connectivity index (χ0n) is 12.9. The average Bonchev–Trinajstić information content (AvgIpc) is 3.02. The summed E-state index contributed by atoms with van der Waals surface area (Å²) in [5.74, 6) is 1.14. The van der Waals surface area contributed by atoms with Crippen LogP contribution in [0.2, 0.25) is 0 Å². The lowest BCUT2D eigenvalue weighted by Gasteiger charge is -2.16. The zero-order valence-corrected chi connectivity index (χ0v) is 12.9. The van der Waals surface area contributed by atoms with Gasteiger partial charge in [0.25, 0.3) is 0 Å². The molecular formula is C17H18N4O. The molecular weight excluding hydrogens is 276 g/mol. The third-order valence-corrected chi connectivity index (χ3v) is 3.59. The molecule has 1 unspecified atom stereocenters. The van der Waals surface area contributed by atoms with Crippen molar-refractivity contribution in [1.82, 2.24) is 15.1 Å². The molecule has 112 valence electrons. The van der Waals surface area contributed by atoms with Crippen molar-refractivity contribution in [2.45, 2.75) is 26.8 Å². The Labute approximate surface area is 129 Å². The number of hydrogen-bond acceptors (Lipinski definition) is 5. The van der Waals surface area contributed by atoms with E-state index in [1.165, 1.54) is 11.1 Å². The summed E-state index contributed by atoms with van der Waals surface area (Å²) in [6.07, 6.45) is 3.42. The van der Waals surface area contributed by atoms with Crippen LogP contribution in [0.1, 0.15) is 30.0 Å². The van der Waals surface area contributed by atoms with Gasteiger partial charge in [-0.3, -0.25) is 4.98 Å². The van der Waals surface area contributed by atoms with E-state index in [1.807, 2.05) is 19.1 Å². The summed E-state index contributed by atoms with van der Waals surface area (Å²) in [4.78, 5) is 8.46. The Bertz CT molecular complexity index is 747. The van der Waals surface area contributed by atoms with Gasteiger partial charge in [0.2, 0.25) is 11.7 Å². The first-order valence-corrected chi connectivity index (χ1v) is 7.22. The van der Waals surface area contributed by atoms with Crippen LogP contribution in [-0.2, 0) is 0 Å². The molecule has 3 aromatic rings. The molecule has 0 saturated heterocycles. The van der Waals surface area contributed by atoms with Gasteiger partial charge in [0, 0.05) is 23.6 Å². The second-order valence-corrected chi connectivity index (χ2v) is 5.32. The molecule has 22 heavy (non-hydrogen) atoms. The van der Waals surface area contributed by atoms with Crippen molar-refractivity contribution in [3.63, 3.8) is 0 Å². The van der Waals surface area contributed by atoms with Crippen molar-refractivity contribution in [3.05, 3.63) is 59.7 Å². The van der Waals surface area contributed by atoms with Gasteiger partial charge < -0.3 is 9.84 Å². The number of nitrogens with zero attached hydrogens (tertiary/aromatic N) is 3. The monoisotopic (exact) mass is 294 g/mol. The number of pyridine rings is 1. The standard InChI is InChI=1S/C17H18N4O/c1-11-5-4-6-12(2)15(11)19-13(3)17-20-16(21-22-17)14-7-9-18-10-8-14/h4-10,13,19H,1-3H3. The Hall–Kier alpha value is -2.69. The van der Waals surface area contributed by atoms with Crippen molar-refractivity contribution in [2.24, 2.45) is 0 Å². The lowest BCUT2D eigenvalue weighted by molar-refractivity contribution is 0.368. The summed E-state index contributed by atoms with van der Waals surface area (Å²) in [6.45, 7) is 6.17. The van der Waals surface area contributed by atoms with E-state index in [4.69, 9.17) is 4.52 Å². The molecule has 0 aliphatic carbocycles. The predicted molar refractivity (Wildman–Crippen MR) is 85.5 cm³/mol. The smallest absolute Gasteiger partial charge is 0.249 e. The fraction of sp³-hybridized carbons (Fsp3) is 0.235. The highest BCUT2D eigenvalue weighted by atomic mass is 16.5. The minimum absolute atomic E-state index is 0.0668. The summed E-state index contributed by atoms with van der Waals surface area (Å²) in [6, 6.07) is 9.87. The maximum absolute atomic E-state index is 5.39. The summed E-state index contributed by atoms with van der Waals surface area (Å²) in [7, 11) is 0. The first kappa shape index (κ1) is 14.3. The zero-order chi connectivity index (χ0) is 15.5. The van der Waals surface area contributed by atoms with Crippen LogP contribution in [0.25, 0.3) is 11.4 Å². The number of aryl methyl sites for hydroxylation is 2. The van der Waals surface area contributed by atoms with Crippen LogP contribution < -0.4 is 5.32 Å². The van der Waals surface area contributed by atoms with E-state index in [-0.39, 0.29) is 6.04 Å². The van der Waals surface area contributed by atoms with Gasteiger partial charge in [-0.25, -0.2) is 0 Å². The molecule has 0 fully saturated rings. The summed E-state index contributed by atoms with van der Waals surface area (Å²) in [5, 5.41) is 7.49. The van der Waals surface area contributed by atoms with Crippen molar-refractivity contribution in [3.8, 4) is 11.4 Å². The van der Waals surface area contributed by atoms with Crippen molar-refractivity contribution >= 4 is 5.69 Å². The molecule has 2 aromatic heterocycles. The number of anilines is 1.